The molecule has 0 aromatic carbocycles. The second-order valence-corrected chi connectivity index (χ2v) is 6.43. The Morgan fingerprint density at radius 3 is 2.90 bits per heavy atom. The van der Waals surface area contributed by atoms with Crippen LogP contribution >= 0.6 is 0 Å². The monoisotopic (exact) mass is 275 g/mol. The van der Waals surface area contributed by atoms with E-state index in [4.69, 9.17) is 5.73 Å². The normalized spacial score (nSPS) is 26.9. The molecule has 0 amide bonds. The fourth-order valence-electron chi connectivity index (χ4n) is 3.60. The summed E-state index contributed by atoms with van der Waals surface area (Å²) in [5.41, 5.74) is 8.59. The highest BCUT2D eigenvalue weighted by Gasteiger charge is 2.38. The van der Waals surface area contributed by atoms with Gasteiger partial charge in [-0.1, -0.05) is 32.3 Å². The van der Waals surface area contributed by atoms with Gasteiger partial charge in [0.25, 0.3) is 0 Å². The molecule has 2 rings (SSSR count). The molecule has 0 saturated heterocycles. The van der Waals surface area contributed by atoms with Crippen LogP contribution in [0.2, 0.25) is 0 Å². The van der Waals surface area contributed by atoms with E-state index in [1.807, 2.05) is 0 Å². The molecule has 1 aromatic rings. The summed E-state index contributed by atoms with van der Waals surface area (Å²) in [5, 5.41) is 0. The first-order chi connectivity index (χ1) is 9.59. The highest BCUT2D eigenvalue weighted by Crippen LogP contribution is 2.37. The molecule has 1 fully saturated rings. The zero-order chi connectivity index (χ0) is 14.6. The number of likely N-dealkylation sites (N-methyl/N-ethyl adjacent to an activating group) is 1. The van der Waals surface area contributed by atoms with Gasteiger partial charge >= 0.3 is 0 Å². The van der Waals surface area contributed by atoms with Crippen LogP contribution < -0.4 is 5.73 Å². The SMILES string of the molecule is CCC1CCCC(CN)(N(C)Cc2cccc(C)n2)C1. The van der Waals surface area contributed by atoms with Gasteiger partial charge in [-0.25, -0.2) is 0 Å². The predicted octanol–water partition coefficient (Wildman–Crippen LogP) is 3.12. The van der Waals surface area contributed by atoms with Gasteiger partial charge in [0.2, 0.25) is 0 Å². The third-order valence-electron chi connectivity index (χ3n) is 5.04. The molecule has 2 N–H and O–H groups in total. The molecule has 0 bridgehead atoms. The summed E-state index contributed by atoms with van der Waals surface area (Å²) >= 11 is 0. The first kappa shape index (κ1) is 15.5. The first-order valence-electron chi connectivity index (χ1n) is 7.93. The molecule has 3 nitrogen and oxygen atoms in total. The largest absolute Gasteiger partial charge is 0.329 e. The third kappa shape index (κ3) is 3.39. The number of pyridine rings is 1. The molecule has 2 atom stereocenters. The fourth-order valence-corrected chi connectivity index (χ4v) is 3.60. The van der Waals surface area contributed by atoms with Crippen LogP contribution in [0.3, 0.4) is 0 Å². The molecule has 1 heterocycles. The van der Waals surface area contributed by atoms with Crippen LogP contribution in [0.1, 0.15) is 50.4 Å². The van der Waals surface area contributed by atoms with Crippen LogP contribution in [-0.4, -0.2) is 29.0 Å². The van der Waals surface area contributed by atoms with Crippen molar-refractivity contribution in [2.45, 2.75) is 58.0 Å². The maximum Gasteiger partial charge on any atom is 0.0547 e. The first-order valence-corrected chi connectivity index (χ1v) is 7.93. The van der Waals surface area contributed by atoms with Crippen molar-refractivity contribution in [2.75, 3.05) is 13.6 Å². The maximum absolute atomic E-state index is 6.18. The Kier molecular flexibility index (Phi) is 5.17. The summed E-state index contributed by atoms with van der Waals surface area (Å²) in [5.74, 6) is 0.834. The molecule has 2 unspecified atom stereocenters. The van der Waals surface area contributed by atoms with Crippen molar-refractivity contribution in [2.24, 2.45) is 11.7 Å². The van der Waals surface area contributed by atoms with Crippen molar-refractivity contribution in [1.29, 1.82) is 0 Å². The van der Waals surface area contributed by atoms with Crippen LogP contribution in [0.25, 0.3) is 0 Å². The number of aryl methyl sites for hydroxylation is 1. The molecule has 112 valence electrons. The number of aromatic nitrogens is 1. The number of hydrogen-bond donors (Lipinski definition) is 1. The lowest BCUT2D eigenvalue weighted by molar-refractivity contribution is 0.0494. The minimum Gasteiger partial charge on any atom is -0.329 e. The summed E-state index contributed by atoms with van der Waals surface area (Å²) in [6.07, 6.45) is 6.42. The molecule has 1 saturated carbocycles. The lowest BCUT2D eigenvalue weighted by Gasteiger charge is -2.46. The molecule has 3 heteroatoms. The quantitative estimate of drug-likeness (QED) is 0.897. The second kappa shape index (κ2) is 6.68. The topological polar surface area (TPSA) is 42.1 Å². The Morgan fingerprint density at radius 1 is 1.45 bits per heavy atom. The minimum absolute atomic E-state index is 0.171. The van der Waals surface area contributed by atoms with Crippen molar-refractivity contribution in [3.8, 4) is 0 Å². The second-order valence-electron chi connectivity index (χ2n) is 6.43. The van der Waals surface area contributed by atoms with Crippen molar-refractivity contribution in [1.82, 2.24) is 9.88 Å². The number of nitrogens with zero attached hydrogens (tertiary/aromatic N) is 2. The fraction of sp³-hybridized carbons (Fsp3) is 0.706. The highest BCUT2D eigenvalue weighted by molar-refractivity contribution is 5.10. The van der Waals surface area contributed by atoms with Gasteiger partial charge < -0.3 is 5.73 Å². The Labute approximate surface area is 123 Å². The van der Waals surface area contributed by atoms with Crippen LogP contribution in [0, 0.1) is 12.8 Å². The molecule has 1 aliphatic carbocycles. The number of nitrogens with two attached hydrogens (primary N) is 1. The molecular weight excluding hydrogens is 246 g/mol. The molecule has 1 aromatic heterocycles. The zero-order valence-electron chi connectivity index (χ0n) is 13.2. The van der Waals surface area contributed by atoms with Gasteiger partial charge in [0.05, 0.1) is 5.69 Å². The van der Waals surface area contributed by atoms with E-state index in [2.05, 4.69) is 49.0 Å². The van der Waals surface area contributed by atoms with Gasteiger partial charge in [-0.2, -0.15) is 0 Å². The summed E-state index contributed by atoms with van der Waals surface area (Å²) in [7, 11) is 2.22. The molecule has 0 radical (unpaired) electrons. The van der Waals surface area contributed by atoms with Crippen molar-refractivity contribution < 1.29 is 0 Å². The van der Waals surface area contributed by atoms with Gasteiger partial charge in [-0.15, -0.1) is 0 Å². The Bertz CT molecular complexity index is 432. The van der Waals surface area contributed by atoms with Crippen molar-refractivity contribution in [3.05, 3.63) is 29.6 Å². The van der Waals surface area contributed by atoms with Gasteiger partial charge in [-0.3, -0.25) is 9.88 Å². The van der Waals surface area contributed by atoms with E-state index in [-0.39, 0.29) is 5.54 Å². The summed E-state index contributed by atoms with van der Waals surface area (Å²) < 4.78 is 0. The van der Waals surface area contributed by atoms with E-state index < -0.39 is 0 Å². The van der Waals surface area contributed by atoms with Crippen LogP contribution in [0.4, 0.5) is 0 Å². The number of rotatable bonds is 5. The molecule has 0 spiro atoms. The number of hydrogen-bond acceptors (Lipinski definition) is 3. The lowest BCUT2D eigenvalue weighted by atomic mass is 9.74. The molecule has 1 aliphatic rings. The average Bonchev–Trinajstić information content (AvgIpc) is 2.47. The van der Waals surface area contributed by atoms with E-state index in [1.54, 1.807) is 0 Å². The van der Waals surface area contributed by atoms with Gasteiger partial charge in [-0.05, 0) is 44.9 Å². The van der Waals surface area contributed by atoms with Crippen LogP contribution in [0.15, 0.2) is 18.2 Å². The van der Waals surface area contributed by atoms with E-state index in [1.165, 1.54) is 32.1 Å². The molecule has 0 aliphatic heterocycles. The standard InChI is InChI=1S/C17H29N3/c1-4-15-8-6-10-17(11-15,13-18)20(3)12-16-9-5-7-14(2)19-16/h5,7,9,15H,4,6,8,10-13,18H2,1-3H3. The summed E-state index contributed by atoms with van der Waals surface area (Å²) in [6.45, 7) is 6.01. The van der Waals surface area contributed by atoms with Crippen molar-refractivity contribution >= 4 is 0 Å². The Balaban J connectivity index is 2.10. The maximum atomic E-state index is 6.18. The van der Waals surface area contributed by atoms with E-state index >= 15 is 0 Å². The summed E-state index contributed by atoms with van der Waals surface area (Å²) in [4.78, 5) is 7.09. The third-order valence-corrected chi connectivity index (χ3v) is 5.04. The molecular formula is C17H29N3. The Morgan fingerprint density at radius 2 is 2.25 bits per heavy atom. The van der Waals surface area contributed by atoms with Gasteiger partial charge in [0.1, 0.15) is 0 Å². The summed E-state index contributed by atoms with van der Waals surface area (Å²) in [6, 6.07) is 6.26. The Hall–Kier alpha value is -0.930. The van der Waals surface area contributed by atoms with E-state index in [9.17, 15) is 0 Å². The van der Waals surface area contributed by atoms with Gasteiger partial charge in [0, 0.05) is 24.3 Å². The molecule has 20 heavy (non-hydrogen) atoms. The highest BCUT2D eigenvalue weighted by atomic mass is 15.2. The van der Waals surface area contributed by atoms with Crippen molar-refractivity contribution in [3.63, 3.8) is 0 Å². The minimum atomic E-state index is 0.171. The zero-order valence-corrected chi connectivity index (χ0v) is 13.2. The predicted molar refractivity (Wildman–Crippen MR) is 84.5 cm³/mol. The average molecular weight is 275 g/mol. The van der Waals surface area contributed by atoms with Gasteiger partial charge in [0.15, 0.2) is 0 Å². The lowest BCUT2D eigenvalue weighted by Crippen LogP contribution is -2.54. The van der Waals surface area contributed by atoms with E-state index in [0.29, 0.717) is 0 Å². The van der Waals surface area contributed by atoms with Crippen LogP contribution in [-0.2, 0) is 6.54 Å². The van der Waals surface area contributed by atoms with Crippen LogP contribution in [0.5, 0.6) is 0 Å². The smallest absolute Gasteiger partial charge is 0.0547 e. The van der Waals surface area contributed by atoms with E-state index in [0.717, 1.165) is 30.4 Å².